The van der Waals surface area contributed by atoms with Crippen molar-refractivity contribution in [2.45, 2.75) is 6.42 Å². The molecule has 0 unspecified atom stereocenters. The minimum atomic E-state index is -3.74. The molecule has 0 aliphatic carbocycles. The van der Waals surface area contributed by atoms with Gasteiger partial charge in [-0.15, -0.1) is 11.6 Å². The topological polar surface area (TPSA) is 58.2 Å². The molecule has 9 heteroatoms. The lowest BCUT2D eigenvalue weighted by atomic mass is 10.3. The molecule has 0 radical (unpaired) electrons. The van der Waals surface area contributed by atoms with Crippen molar-refractivity contribution in [3.63, 3.8) is 0 Å². The normalized spacial score (nSPS) is 11.6. The fourth-order valence-electron chi connectivity index (χ4n) is 1.08. The summed E-state index contributed by atoms with van der Waals surface area (Å²) < 4.78 is 27.8. The first-order chi connectivity index (χ1) is 8.35. The van der Waals surface area contributed by atoms with Crippen molar-refractivity contribution in [1.29, 1.82) is 0 Å². The molecule has 102 valence electrons. The van der Waals surface area contributed by atoms with Crippen LogP contribution in [0.2, 0.25) is 15.1 Å². The molecule has 4 nitrogen and oxygen atoms in total. The third-order valence-electron chi connectivity index (χ3n) is 1.85. The molecule has 0 amide bonds. The molecule has 0 heterocycles. The molecule has 2 N–H and O–H groups in total. The van der Waals surface area contributed by atoms with Gasteiger partial charge in [-0.3, -0.25) is 4.72 Å². The summed E-state index contributed by atoms with van der Waals surface area (Å²) >= 11 is 22.9. The van der Waals surface area contributed by atoms with Gasteiger partial charge >= 0.3 is 0 Å². The summed E-state index contributed by atoms with van der Waals surface area (Å²) in [4.78, 5) is 0. The Labute approximate surface area is 126 Å². The lowest BCUT2D eigenvalue weighted by Crippen LogP contribution is -2.31. The van der Waals surface area contributed by atoms with Crippen molar-refractivity contribution in [2.75, 3.05) is 17.1 Å². The number of halogens is 4. The third kappa shape index (κ3) is 4.99. The Morgan fingerprint density at radius 3 is 2.17 bits per heavy atom. The molecule has 1 aromatic carbocycles. The second-order valence-corrected chi connectivity index (χ2v) is 6.42. The summed E-state index contributed by atoms with van der Waals surface area (Å²) in [7, 11) is -3.74. The van der Waals surface area contributed by atoms with Crippen molar-refractivity contribution in [3.05, 3.63) is 27.2 Å². The van der Waals surface area contributed by atoms with Gasteiger partial charge in [-0.2, -0.15) is 13.1 Å². The van der Waals surface area contributed by atoms with E-state index in [1.807, 2.05) is 0 Å². The fourth-order valence-corrected chi connectivity index (χ4v) is 3.21. The maximum atomic E-state index is 11.6. The second-order valence-electron chi connectivity index (χ2n) is 3.29. The Bertz CT molecular complexity index is 498. The van der Waals surface area contributed by atoms with Crippen molar-refractivity contribution in [2.24, 2.45) is 0 Å². The number of benzene rings is 1. The summed E-state index contributed by atoms with van der Waals surface area (Å²) in [5.74, 6) is 0.366. The Morgan fingerprint density at radius 2 is 1.67 bits per heavy atom. The van der Waals surface area contributed by atoms with E-state index in [4.69, 9.17) is 46.4 Å². The molecule has 0 aliphatic heterocycles. The predicted octanol–water partition coefficient (Wildman–Crippen LogP) is 3.52. The van der Waals surface area contributed by atoms with E-state index in [2.05, 4.69) is 9.44 Å². The lowest BCUT2D eigenvalue weighted by molar-refractivity contribution is 0.586. The molecule has 0 spiro atoms. The molecular weight excluding hydrogens is 342 g/mol. The highest BCUT2D eigenvalue weighted by molar-refractivity contribution is 7.90. The van der Waals surface area contributed by atoms with Crippen LogP contribution in [0, 0.1) is 0 Å². The van der Waals surface area contributed by atoms with Gasteiger partial charge in [0.05, 0.1) is 15.7 Å². The zero-order valence-electron chi connectivity index (χ0n) is 9.01. The molecule has 1 rings (SSSR count). The Hall–Kier alpha value is 0.0900. The van der Waals surface area contributed by atoms with E-state index < -0.39 is 10.2 Å². The fraction of sp³-hybridized carbons (Fsp3) is 0.333. The summed E-state index contributed by atoms with van der Waals surface area (Å²) in [6.07, 6.45) is 0.518. The zero-order valence-corrected chi connectivity index (χ0v) is 12.9. The zero-order chi connectivity index (χ0) is 13.8. The summed E-state index contributed by atoms with van der Waals surface area (Å²) in [5.41, 5.74) is 0.0844. The van der Waals surface area contributed by atoms with Gasteiger partial charge in [0.15, 0.2) is 0 Å². The van der Waals surface area contributed by atoms with Gasteiger partial charge in [0.2, 0.25) is 0 Å². The number of alkyl halides is 1. The van der Waals surface area contributed by atoms with Gasteiger partial charge in [0.25, 0.3) is 10.2 Å². The van der Waals surface area contributed by atoms with Gasteiger partial charge in [-0.1, -0.05) is 34.8 Å². The monoisotopic (exact) mass is 350 g/mol. The van der Waals surface area contributed by atoms with Crippen LogP contribution in [0.4, 0.5) is 5.69 Å². The number of hydrogen-bond donors (Lipinski definition) is 2. The van der Waals surface area contributed by atoms with Crippen molar-refractivity contribution < 1.29 is 8.42 Å². The van der Waals surface area contributed by atoms with Crippen LogP contribution in [0.25, 0.3) is 0 Å². The lowest BCUT2D eigenvalue weighted by Gasteiger charge is -2.12. The van der Waals surface area contributed by atoms with Crippen LogP contribution < -0.4 is 9.44 Å². The van der Waals surface area contributed by atoms with Gasteiger partial charge in [-0.25, -0.2) is 0 Å². The van der Waals surface area contributed by atoms with Crippen LogP contribution in [-0.4, -0.2) is 20.8 Å². The van der Waals surface area contributed by atoms with E-state index in [1.165, 1.54) is 12.1 Å². The van der Waals surface area contributed by atoms with Crippen LogP contribution in [0.3, 0.4) is 0 Å². The molecule has 18 heavy (non-hydrogen) atoms. The van der Waals surface area contributed by atoms with Crippen LogP contribution >= 0.6 is 46.4 Å². The predicted molar refractivity (Wildman–Crippen MR) is 77.4 cm³/mol. The second kappa shape index (κ2) is 7.03. The first-order valence-electron chi connectivity index (χ1n) is 4.83. The highest BCUT2D eigenvalue weighted by atomic mass is 35.5. The van der Waals surface area contributed by atoms with E-state index in [-0.39, 0.29) is 22.3 Å². The van der Waals surface area contributed by atoms with E-state index in [0.717, 1.165) is 0 Å². The summed E-state index contributed by atoms with van der Waals surface area (Å²) in [6, 6.07) is 2.79. The van der Waals surface area contributed by atoms with Crippen LogP contribution in [0.1, 0.15) is 6.42 Å². The maximum absolute atomic E-state index is 11.6. The SMILES string of the molecule is O=S(=O)(NCCCCl)Nc1c(Cl)cc(Cl)cc1Cl. The maximum Gasteiger partial charge on any atom is 0.299 e. The molecule has 1 aromatic rings. The van der Waals surface area contributed by atoms with E-state index >= 15 is 0 Å². The quantitative estimate of drug-likeness (QED) is 0.608. The standard InChI is InChI=1S/C9H10Cl4N2O2S/c10-2-1-3-14-18(16,17)15-9-7(12)4-6(11)5-8(9)13/h4-5,14-15H,1-3H2. The van der Waals surface area contributed by atoms with Crippen LogP contribution in [0.5, 0.6) is 0 Å². The smallest absolute Gasteiger partial charge is 0.268 e. The minimum Gasteiger partial charge on any atom is -0.268 e. The summed E-state index contributed by atoms with van der Waals surface area (Å²) in [6.45, 7) is 0.224. The molecule has 0 aromatic heterocycles. The van der Waals surface area contributed by atoms with Gasteiger partial charge in [0.1, 0.15) is 0 Å². The highest BCUT2D eigenvalue weighted by Crippen LogP contribution is 2.34. The molecule has 0 atom stereocenters. The van der Waals surface area contributed by atoms with E-state index in [1.54, 1.807) is 0 Å². The van der Waals surface area contributed by atoms with Crippen molar-refractivity contribution in [3.8, 4) is 0 Å². The number of anilines is 1. The minimum absolute atomic E-state index is 0.0844. The van der Waals surface area contributed by atoms with E-state index in [9.17, 15) is 8.42 Å². The molecule has 0 bridgehead atoms. The van der Waals surface area contributed by atoms with Gasteiger partial charge in [0, 0.05) is 17.4 Å². The molecule has 0 aliphatic rings. The van der Waals surface area contributed by atoms with Gasteiger partial charge < -0.3 is 0 Å². The van der Waals surface area contributed by atoms with E-state index in [0.29, 0.717) is 17.3 Å². The van der Waals surface area contributed by atoms with Crippen LogP contribution in [0.15, 0.2) is 12.1 Å². The van der Waals surface area contributed by atoms with Crippen molar-refractivity contribution >= 4 is 62.3 Å². The Balaban J connectivity index is 2.84. The van der Waals surface area contributed by atoms with Gasteiger partial charge in [-0.05, 0) is 18.6 Å². The van der Waals surface area contributed by atoms with Crippen molar-refractivity contribution in [1.82, 2.24) is 4.72 Å². The number of hydrogen-bond acceptors (Lipinski definition) is 2. The molecule has 0 fully saturated rings. The largest absolute Gasteiger partial charge is 0.299 e. The summed E-state index contributed by atoms with van der Waals surface area (Å²) in [5, 5.41) is 0.563. The average molecular weight is 352 g/mol. The highest BCUT2D eigenvalue weighted by Gasteiger charge is 2.15. The number of nitrogens with one attached hydrogen (secondary N) is 2. The molecule has 0 saturated carbocycles. The molecular formula is C9H10Cl4N2O2S. The Kier molecular flexibility index (Phi) is 6.30. The number of rotatable bonds is 6. The average Bonchev–Trinajstić information content (AvgIpc) is 2.23. The first-order valence-corrected chi connectivity index (χ1v) is 7.99. The first kappa shape index (κ1) is 16.1. The molecule has 0 saturated heterocycles. The van der Waals surface area contributed by atoms with Crippen LogP contribution in [-0.2, 0) is 10.2 Å². The Morgan fingerprint density at radius 1 is 1.11 bits per heavy atom. The third-order valence-corrected chi connectivity index (χ3v) is 3.98.